The molecule has 0 saturated carbocycles. The average Bonchev–Trinajstić information content (AvgIpc) is 2.40. The van der Waals surface area contributed by atoms with Gasteiger partial charge in [-0.2, -0.15) is 0 Å². The summed E-state index contributed by atoms with van der Waals surface area (Å²) < 4.78 is 24.0. The van der Waals surface area contributed by atoms with E-state index in [0.717, 1.165) is 5.56 Å². The van der Waals surface area contributed by atoms with Crippen molar-refractivity contribution in [3.63, 3.8) is 0 Å². The van der Waals surface area contributed by atoms with E-state index in [1.165, 1.54) is 0 Å². The fourth-order valence-corrected chi connectivity index (χ4v) is 2.72. The van der Waals surface area contributed by atoms with Crippen LogP contribution in [0.5, 0.6) is 0 Å². The van der Waals surface area contributed by atoms with Crippen LogP contribution in [0.3, 0.4) is 0 Å². The van der Waals surface area contributed by atoms with Gasteiger partial charge in [-0.15, -0.1) is 0 Å². The summed E-state index contributed by atoms with van der Waals surface area (Å²) in [7, 11) is -3.63. The van der Waals surface area contributed by atoms with Gasteiger partial charge < -0.3 is 0 Å². The second-order valence-electron chi connectivity index (χ2n) is 4.13. The molecule has 0 radical (unpaired) electrons. The lowest BCUT2D eigenvalue weighted by Crippen LogP contribution is -2.24. The zero-order chi connectivity index (χ0) is 13.7. The number of nitrogens with one attached hydrogen (secondary N) is 1. The van der Waals surface area contributed by atoms with E-state index in [1.54, 1.807) is 31.2 Å². The van der Waals surface area contributed by atoms with E-state index in [4.69, 9.17) is 4.84 Å². The molecule has 0 aliphatic carbocycles. The minimum Gasteiger partial charge on any atom is -0.282 e. The van der Waals surface area contributed by atoms with Crippen molar-refractivity contribution in [3.8, 4) is 0 Å². The van der Waals surface area contributed by atoms with Gasteiger partial charge in [0.05, 0.1) is 11.5 Å². The SMILES string of the molecule is Cc1ccccc1S(=O)(=O)NOCc1ccccc1. The molecule has 0 atom stereocenters. The van der Waals surface area contributed by atoms with Crippen LogP contribution in [0.4, 0.5) is 0 Å². The predicted molar refractivity (Wildman–Crippen MR) is 72.7 cm³/mol. The van der Waals surface area contributed by atoms with Crippen LogP contribution in [0.1, 0.15) is 11.1 Å². The van der Waals surface area contributed by atoms with Gasteiger partial charge in [0, 0.05) is 0 Å². The molecule has 2 aromatic carbocycles. The molecule has 0 bridgehead atoms. The number of hydrogen-bond acceptors (Lipinski definition) is 3. The van der Waals surface area contributed by atoms with Crippen LogP contribution in [0, 0.1) is 6.92 Å². The third-order valence-electron chi connectivity index (χ3n) is 2.63. The van der Waals surface area contributed by atoms with Crippen molar-refractivity contribution in [3.05, 3.63) is 65.7 Å². The molecule has 2 rings (SSSR count). The van der Waals surface area contributed by atoms with Crippen molar-refractivity contribution in [1.82, 2.24) is 4.89 Å². The molecule has 0 saturated heterocycles. The number of hydrogen-bond donors (Lipinski definition) is 1. The van der Waals surface area contributed by atoms with Gasteiger partial charge in [0.1, 0.15) is 0 Å². The topological polar surface area (TPSA) is 55.4 Å². The summed E-state index contributed by atoms with van der Waals surface area (Å²) in [5, 5.41) is 0. The quantitative estimate of drug-likeness (QED) is 0.854. The Hall–Kier alpha value is -1.69. The highest BCUT2D eigenvalue weighted by molar-refractivity contribution is 7.89. The molecular formula is C14H15NO3S. The molecule has 2 aromatic rings. The van der Waals surface area contributed by atoms with Crippen LogP contribution in [0.2, 0.25) is 0 Å². The lowest BCUT2D eigenvalue weighted by Gasteiger charge is -2.09. The summed E-state index contributed by atoms with van der Waals surface area (Å²) in [5.74, 6) is 0. The number of rotatable bonds is 5. The number of sulfonamides is 1. The Bertz CT molecular complexity index is 639. The maximum atomic E-state index is 12.0. The normalized spacial score (nSPS) is 11.4. The van der Waals surface area contributed by atoms with E-state index in [2.05, 4.69) is 4.89 Å². The molecule has 4 nitrogen and oxygen atoms in total. The van der Waals surface area contributed by atoms with E-state index in [0.29, 0.717) is 5.56 Å². The Morgan fingerprint density at radius 2 is 1.63 bits per heavy atom. The highest BCUT2D eigenvalue weighted by atomic mass is 32.2. The maximum Gasteiger partial charge on any atom is 0.262 e. The summed E-state index contributed by atoms with van der Waals surface area (Å²) in [5.41, 5.74) is 1.58. The molecule has 0 amide bonds. The van der Waals surface area contributed by atoms with E-state index >= 15 is 0 Å². The minimum atomic E-state index is -3.63. The van der Waals surface area contributed by atoms with Gasteiger partial charge in [0.25, 0.3) is 10.0 Å². The number of aryl methyl sites for hydroxylation is 1. The summed E-state index contributed by atoms with van der Waals surface area (Å²) in [6.07, 6.45) is 0. The molecular weight excluding hydrogens is 262 g/mol. The predicted octanol–water partition coefficient (Wildman–Crippen LogP) is 2.41. The van der Waals surface area contributed by atoms with E-state index in [-0.39, 0.29) is 11.5 Å². The average molecular weight is 277 g/mol. The van der Waals surface area contributed by atoms with Gasteiger partial charge in [-0.05, 0) is 24.1 Å². The van der Waals surface area contributed by atoms with Crippen LogP contribution in [0.15, 0.2) is 59.5 Å². The molecule has 1 N–H and O–H groups in total. The minimum absolute atomic E-state index is 0.186. The van der Waals surface area contributed by atoms with Crippen LogP contribution in [0.25, 0.3) is 0 Å². The van der Waals surface area contributed by atoms with Crippen LogP contribution >= 0.6 is 0 Å². The van der Waals surface area contributed by atoms with Crippen LogP contribution < -0.4 is 4.89 Å². The van der Waals surface area contributed by atoms with Gasteiger partial charge in [0.15, 0.2) is 0 Å². The Kier molecular flexibility index (Phi) is 4.31. The fourth-order valence-electron chi connectivity index (χ4n) is 1.67. The van der Waals surface area contributed by atoms with Gasteiger partial charge in [-0.3, -0.25) is 4.84 Å². The largest absolute Gasteiger partial charge is 0.282 e. The Balaban J connectivity index is 2.01. The summed E-state index contributed by atoms with van der Waals surface area (Å²) >= 11 is 0. The van der Waals surface area contributed by atoms with Crippen LogP contribution in [-0.2, 0) is 21.5 Å². The van der Waals surface area contributed by atoms with Crippen molar-refractivity contribution >= 4 is 10.0 Å². The molecule has 0 heterocycles. The summed E-state index contributed by atoms with van der Waals surface area (Å²) in [6, 6.07) is 16.1. The Morgan fingerprint density at radius 3 is 2.32 bits per heavy atom. The van der Waals surface area contributed by atoms with Crippen molar-refractivity contribution < 1.29 is 13.3 Å². The highest BCUT2D eigenvalue weighted by Gasteiger charge is 2.16. The van der Waals surface area contributed by atoms with Crippen molar-refractivity contribution in [2.24, 2.45) is 0 Å². The first-order valence-corrected chi connectivity index (χ1v) is 7.31. The van der Waals surface area contributed by atoms with Crippen LogP contribution in [-0.4, -0.2) is 8.42 Å². The fraction of sp³-hybridized carbons (Fsp3) is 0.143. The van der Waals surface area contributed by atoms with E-state index in [9.17, 15) is 8.42 Å². The number of benzene rings is 2. The first kappa shape index (κ1) is 13.7. The molecule has 0 fully saturated rings. The van der Waals surface area contributed by atoms with Gasteiger partial charge >= 0.3 is 0 Å². The lowest BCUT2D eigenvalue weighted by molar-refractivity contribution is 0.0795. The molecule has 100 valence electrons. The van der Waals surface area contributed by atoms with Gasteiger partial charge in [-0.1, -0.05) is 53.4 Å². The third kappa shape index (κ3) is 3.64. The molecule has 5 heteroatoms. The monoisotopic (exact) mass is 277 g/mol. The standard InChI is InChI=1S/C14H15NO3S/c1-12-7-5-6-10-14(12)19(16,17)15-18-11-13-8-3-2-4-9-13/h2-10,15H,11H2,1H3. The smallest absolute Gasteiger partial charge is 0.262 e. The molecule has 0 aromatic heterocycles. The van der Waals surface area contributed by atoms with E-state index < -0.39 is 10.0 Å². The zero-order valence-electron chi connectivity index (χ0n) is 10.5. The molecule has 0 aliphatic rings. The zero-order valence-corrected chi connectivity index (χ0v) is 11.4. The van der Waals surface area contributed by atoms with E-state index in [1.807, 2.05) is 30.3 Å². The molecule has 0 spiro atoms. The van der Waals surface area contributed by atoms with Gasteiger partial charge in [-0.25, -0.2) is 8.42 Å². The first-order valence-electron chi connectivity index (χ1n) is 5.83. The molecule has 19 heavy (non-hydrogen) atoms. The third-order valence-corrected chi connectivity index (χ3v) is 4.01. The lowest BCUT2D eigenvalue weighted by atomic mass is 10.2. The second kappa shape index (κ2) is 5.97. The maximum absolute atomic E-state index is 12.0. The summed E-state index contributed by atoms with van der Waals surface area (Å²) in [4.78, 5) is 7.42. The second-order valence-corrected chi connectivity index (χ2v) is 5.74. The molecule has 0 unspecified atom stereocenters. The Morgan fingerprint density at radius 1 is 1.00 bits per heavy atom. The van der Waals surface area contributed by atoms with Crippen molar-refractivity contribution in [2.75, 3.05) is 0 Å². The molecule has 0 aliphatic heterocycles. The van der Waals surface area contributed by atoms with Crippen molar-refractivity contribution in [2.45, 2.75) is 18.4 Å². The first-order chi connectivity index (χ1) is 9.09. The Labute approximate surface area is 113 Å². The summed E-state index contributed by atoms with van der Waals surface area (Å²) in [6.45, 7) is 1.93. The van der Waals surface area contributed by atoms with Gasteiger partial charge in [0.2, 0.25) is 0 Å². The van der Waals surface area contributed by atoms with Crippen molar-refractivity contribution in [1.29, 1.82) is 0 Å². The highest BCUT2D eigenvalue weighted by Crippen LogP contribution is 2.13.